The molecule has 0 saturated heterocycles. The van der Waals surface area contributed by atoms with Gasteiger partial charge in [0, 0.05) is 12.4 Å². The lowest BCUT2D eigenvalue weighted by Crippen LogP contribution is -1.97. The van der Waals surface area contributed by atoms with E-state index in [1.54, 1.807) is 0 Å². The zero-order chi connectivity index (χ0) is 5.98. The van der Waals surface area contributed by atoms with Crippen molar-refractivity contribution >= 4 is 6.16 Å². The molecule has 0 fully saturated rings. The lowest BCUT2D eigenvalue weighted by Gasteiger charge is -1.82. The third-order valence-corrected chi connectivity index (χ3v) is 0.707. The number of nitrogens with zero attached hydrogens (tertiary/aromatic N) is 2. The highest BCUT2D eigenvalue weighted by Gasteiger charge is 1.95. The van der Waals surface area contributed by atoms with E-state index in [4.69, 9.17) is 0 Å². The van der Waals surface area contributed by atoms with E-state index < -0.39 is 6.16 Å². The Morgan fingerprint density at radius 2 is 2.50 bits per heavy atom. The fraction of sp³-hybridized carbons (Fsp3) is 0. The molecule has 0 aliphatic heterocycles. The van der Waals surface area contributed by atoms with Gasteiger partial charge >= 0.3 is 6.16 Å². The van der Waals surface area contributed by atoms with Gasteiger partial charge < -0.3 is 0 Å². The molecule has 0 aliphatic carbocycles. The van der Waals surface area contributed by atoms with Gasteiger partial charge in [0.05, 0.1) is 0 Å². The molecule has 8 heavy (non-hydrogen) atoms. The minimum Gasteiger partial charge on any atom is -0.248 e. The summed E-state index contributed by atoms with van der Waals surface area (Å²) < 4.78 is 12.3. The molecule has 1 heterocycles. The van der Waals surface area contributed by atoms with Crippen molar-refractivity contribution in [2.24, 2.45) is 0 Å². The Labute approximate surface area is 44.8 Å². The number of hydrogen-bond acceptors (Lipinski definition) is 2. The van der Waals surface area contributed by atoms with Gasteiger partial charge in [0.2, 0.25) is 0 Å². The molecule has 0 bridgehead atoms. The number of carbonyl (C=O) groups excluding carboxylic acids is 1. The van der Waals surface area contributed by atoms with E-state index >= 15 is 0 Å². The van der Waals surface area contributed by atoms with Crippen LogP contribution < -0.4 is 0 Å². The number of imidazole rings is 1. The summed E-state index contributed by atoms with van der Waals surface area (Å²) in [7, 11) is 0. The highest BCUT2D eigenvalue weighted by molar-refractivity contribution is 5.68. The number of aromatic nitrogens is 2. The van der Waals surface area contributed by atoms with Crippen molar-refractivity contribution in [2.45, 2.75) is 0 Å². The van der Waals surface area contributed by atoms with Gasteiger partial charge in [-0.3, -0.25) is 0 Å². The van der Waals surface area contributed by atoms with Crippen LogP contribution in [-0.4, -0.2) is 15.7 Å². The largest absolute Gasteiger partial charge is 0.409 e. The zero-order valence-electron chi connectivity index (χ0n) is 3.91. The van der Waals surface area contributed by atoms with Gasteiger partial charge in [0.25, 0.3) is 0 Å². The van der Waals surface area contributed by atoms with Gasteiger partial charge in [-0.15, -0.1) is 4.39 Å². The summed E-state index contributed by atoms with van der Waals surface area (Å²) in [5, 5.41) is 0. The van der Waals surface area contributed by atoms with Crippen LogP contribution in [0.25, 0.3) is 0 Å². The lowest BCUT2D eigenvalue weighted by atomic mass is 10.9. The van der Waals surface area contributed by atoms with Gasteiger partial charge in [-0.05, 0) is 0 Å². The normalized spacial score (nSPS) is 9.12. The predicted octanol–water partition coefficient (Wildman–Crippen LogP) is 0.821. The van der Waals surface area contributed by atoms with Crippen LogP contribution in [0.4, 0.5) is 9.18 Å². The van der Waals surface area contributed by atoms with Gasteiger partial charge in [0.15, 0.2) is 0 Å². The van der Waals surface area contributed by atoms with Gasteiger partial charge in [-0.2, -0.15) is 0 Å². The molecule has 0 unspecified atom stereocenters. The van der Waals surface area contributed by atoms with Crippen molar-refractivity contribution in [3.05, 3.63) is 18.7 Å². The van der Waals surface area contributed by atoms with Crippen molar-refractivity contribution in [2.75, 3.05) is 0 Å². The third kappa shape index (κ3) is 0.726. The second kappa shape index (κ2) is 1.73. The second-order valence-electron chi connectivity index (χ2n) is 1.22. The standard InChI is InChI=1S/C4H3FN2O/c5-4(8)7-2-1-6-3-7/h1-3H. The molecule has 0 atom stereocenters. The Bertz CT molecular complexity index is 182. The molecule has 0 radical (unpaired) electrons. The summed E-state index contributed by atoms with van der Waals surface area (Å²) in [6, 6.07) is 0. The summed E-state index contributed by atoms with van der Waals surface area (Å²) in [5.41, 5.74) is 0. The van der Waals surface area contributed by atoms with Crippen LogP contribution in [0.15, 0.2) is 18.7 Å². The predicted molar refractivity (Wildman–Crippen MR) is 24.1 cm³/mol. The summed E-state index contributed by atoms with van der Waals surface area (Å²) in [6.45, 7) is 0. The van der Waals surface area contributed by atoms with Crippen LogP contribution in [0.3, 0.4) is 0 Å². The molecule has 0 saturated carbocycles. The summed E-state index contributed by atoms with van der Waals surface area (Å²) in [6.07, 6.45) is 2.16. The van der Waals surface area contributed by atoms with E-state index in [0.29, 0.717) is 0 Å². The highest BCUT2D eigenvalue weighted by atomic mass is 19.1. The van der Waals surface area contributed by atoms with Gasteiger partial charge in [0.1, 0.15) is 6.33 Å². The molecule has 0 spiro atoms. The molecule has 3 nitrogen and oxygen atoms in total. The maximum atomic E-state index is 11.6. The Hall–Kier alpha value is -1.19. The maximum absolute atomic E-state index is 11.6. The van der Waals surface area contributed by atoms with Crippen molar-refractivity contribution in [1.82, 2.24) is 9.55 Å². The van der Waals surface area contributed by atoms with Crippen LogP contribution in [0.2, 0.25) is 0 Å². The lowest BCUT2D eigenvalue weighted by molar-refractivity contribution is 0.223. The monoisotopic (exact) mass is 114 g/mol. The van der Waals surface area contributed by atoms with Crippen LogP contribution in [-0.2, 0) is 0 Å². The molecular weight excluding hydrogens is 111 g/mol. The second-order valence-corrected chi connectivity index (χ2v) is 1.22. The van der Waals surface area contributed by atoms with Crippen LogP contribution >= 0.6 is 0 Å². The Morgan fingerprint density at radius 1 is 1.75 bits per heavy atom. The SMILES string of the molecule is O=C(F)n1ccnc1. The molecule has 42 valence electrons. The van der Waals surface area contributed by atoms with E-state index in [9.17, 15) is 9.18 Å². The number of halogens is 1. The quantitative estimate of drug-likeness (QED) is 0.468. The number of hydrogen-bond donors (Lipinski definition) is 0. The maximum Gasteiger partial charge on any atom is 0.409 e. The molecule has 1 rings (SSSR count). The van der Waals surface area contributed by atoms with Crippen LogP contribution in [0.1, 0.15) is 0 Å². The number of rotatable bonds is 0. The molecule has 1 aromatic heterocycles. The smallest absolute Gasteiger partial charge is 0.248 e. The topological polar surface area (TPSA) is 34.9 Å². The van der Waals surface area contributed by atoms with E-state index in [1.807, 2.05) is 0 Å². The van der Waals surface area contributed by atoms with Crippen molar-refractivity contribution < 1.29 is 9.18 Å². The Kier molecular flexibility index (Phi) is 1.07. The van der Waals surface area contributed by atoms with E-state index in [2.05, 4.69) is 4.98 Å². The van der Waals surface area contributed by atoms with Crippen LogP contribution in [0.5, 0.6) is 0 Å². The minimum absolute atomic E-state index is 0.750. The van der Waals surface area contributed by atoms with Crippen molar-refractivity contribution in [3.63, 3.8) is 0 Å². The first-order valence-corrected chi connectivity index (χ1v) is 1.98. The molecule has 0 aliphatic rings. The fourth-order valence-corrected chi connectivity index (χ4v) is 0.363. The first-order chi connectivity index (χ1) is 3.80. The first-order valence-electron chi connectivity index (χ1n) is 1.98. The van der Waals surface area contributed by atoms with E-state index in [1.165, 1.54) is 12.4 Å². The molecule has 0 amide bonds. The fourth-order valence-electron chi connectivity index (χ4n) is 0.363. The molecule has 0 N–H and O–H groups in total. The van der Waals surface area contributed by atoms with Crippen molar-refractivity contribution in [3.8, 4) is 0 Å². The summed E-state index contributed by atoms with van der Waals surface area (Å²) >= 11 is 0. The van der Waals surface area contributed by atoms with E-state index in [0.717, 1.165) is 10.9 Å². The van der Waals surface area contributed by atoms with E-state index in [-0.39, 0.29) is 0 Å². The zero-order valence-corrected chi connectivity index (χ0v) is 3.91. The Morgan fingerprint density at radius 3 is 2.75 bits per heavy atom. The first kappa shape index (κ1) is 4.96. The molecule has 0 aromatic carbocycles. The summed E-state index contributed by atoms with van der Waals surface area (Å²) in [5.74, 6) is 0. The average Bonchev–Trinajstić information content (AvgIpc) is 2.12. The van der Waals surface area contributed by atoms with Crippen LogP contribution in [0, 0.1) is 0 Å². The van der Waals surface area contributed by atoms with Gasteiger partial charge in [-0.1, -0.05) is 0 Å². The van der Waals surface area contributed by atoms with Gasteiger partial charge in [-0.25, -0.2) is 14.3 Å². The molecular formula is C4H3FN2O. The third-order valence-electron chi connectivity index (χ3n) is 0.707. The summed E-state index contributed by atoms with van der Waals surface area (Å²) in [4.78, 5) is 13.2. The number of carbonyl (C=O) groups is 1. The minimum atomic E-state index is -1.51. The Balaban J connectivity index is 2.93. The molecule has 1 aromatic rings. The average molecular weight is 114 g/mol. The van der Waals surface area contributed by atoms with Crippen molar-refractivity contribution in [1.29, 1.82) is 0 Å². The molecule has 4 heteroatoms. The highest BCUT2D eigenvalue weighted by Crippen LogP contribution is 1.85.